The highest BCUT2D eigenvalue weighted by Crippen LogP contribution is 2.50. The van der Waals surface area contributed by atoms with Gasteiger partial charge in [0.1, 0.15) is 4.87 Å². The summed E-state index contributed by atoms with van der Waals surface area (Å²) in [5, 5.41) is 3.41. The minimum Gasteiger partial charge on any atom is -0.339 e. The largest absolute Gasteiger partial charge is 0.339 e. The van der Waals surface area contributed by atoms with Crippen LogP contribution in [0.5, 0.6) is 0 Å². The summed E-state index contributed by atoms with van der Waals surface area (Å²) in [6.45, 7) is 3.86. The molecule has 0 amide bonds. The van der Waals surface area contributed by atoms with Gasteiger partial charge in [0, 0.05) is 25.2 Å². The summed E-state index contributed by atoms with van der Waals surface area (Å²) in [4.78, 5) is 15.9. The maximum atomic E-state index is 6.59. The van der Waals surface area contributed by atoms with Crippen LogP contribution in [0.25, 0.3) is 11.4 Å². The SMILES string of the molecule is ClC1(c2nc(-c3ccccc3)nc(N3CCCNCC3)n2)CC1. The predicted octanol–water partition coefficient (Wildman–Crippen LogP) is 2.57. The van der Waals surface area contributed by atoms with E-state index in [9.17, 15) is 0 Å². The molecule has 0 bridgehead atoms. The number of aromatic nitrogens is 3. The number of nitrogens with one attached hydrogen (secondary N) is 1. The number of anilines is 1. The van der Waals surface area contributed by atoms with E-state index in [1.165, 1.54) is 0 Å². The molecule has 120 valence electrons. The molecule has 6 heteroatoms. The summed E-state index contributed by atoms with van der Waals surface area (Å²) in [5.41, 5.74) is 1.01. The van der Waals surface area contributed by atoms with Gasteiger partial charge in [-0.05, 0) is 25.8 Å². The Balaban J connectivity index is 1.75. The fraction of sp³-hybridized carbons (Fsp3) is 0.471. The van der Waals surface area contributed by atoms with E-state index in [4.69, 9.17) is 21.6 Å². The fourth-order valence-corrected chi connectivity index (χ4v) is 2.98. The minimum atomic E-state index is -0.384. The van der Waals surface area contributed by atoms with Crippen LogP contribution in [0.15, 0.2) is 30.3 Å². The van der Waals surface area contributed by atoms with Crippen LogP contribution >= 0.6 is 11.6 Å². The smallest absolute Gasteiger partial charge is 0.229 e. The van der Waals surface area contributed by atoms with Crippen molar-refractivity contribution in [2.75, 3.05) is 31.1 Å². The Bertz CT molecular complexity index is 679. The van der Waals surface area contributed by atoms with Crippen molar-refractivity contribution in [3.63, 3.8) is 0 Å². The van der Waals surface area contributed by atoms with E-state index in [2.05, 4.69) is 15.2 Å². The number of nitrogens with zero attached hydrogens (tertiary/aromatic N) is 4. The highest BCUT2D eigenvalue weighted by molar-refractivity contribution is 6.25. The minimum absolute atomic E-state index is 0.384. The summed E-state index contributed by atoms with van der Waals surface area (Å²) in [5.74, 6) is 2.19. The lowest BCUT2D eigenvalue weighted by Crippen LogP contribution is -2.30. The standard InChI is InChI=1S/C17H20ClN5/c18-17(7-8-17)15-20-14(13-5-2-1-3-6-13)21-16(22-15)23-11-4-9-19-10-12-23/h1-3,5-6,19H,4,7-12H2. The first-order valence-electron chi connectivity index (χ1n) is 8.21. The molecule has 1 aliphatic heterocycles. The van der Waals surface area contributed by atoms with Crippen LogP contribution in [0.1, 0.15) is 25.1 Å². The molecule has 2 fully saturated rings. The van der Waals surface area contributed by atoms with Gasteiger partial charge in [0.15, 0.2) is 11.6 Å². The zero-order chi connectivity index (χ0) is 15.7. The third-order valence-corrected chi connectivity index (χ3v) is 4.92. The number of rotatable bonds is 3. The summed E-state index contributed by atoms with van der Waals surface area (Å²) in [7, 11) is 0. The maximum absolute atomic E-state index is 6.59. The van der Waals surface area contributed by atoms with Gasteiger partial charge in [-0.15, -0.1) is 11.6 Å². The molecular weight excluding hydrogens is 310 g/mol. The molecule has 1 aromatic carbocycles. The van der Waals surface area contributed by atoms with Gasteiger partial charge in [-0.25, -0.2) is 4.98 Å². The molecule has 0 radical (unpaired) electrons. The average Bonchev–Trinajstić information content (AvgIpc) is 3.39. The molecule has 5 nitrogen and oxygen atoms in total. The molecule has 1 aliphatic carbocycles. The van der Waals surface area contributed by atoms with E-state index in [0.717, 1.165) is 68.6 Å². The molecule has 1 aromatic heterocycles. The van der Waals surface area contributed by atoms with Crippen molar-refractivity contribution >= 4 is 17.5 Å². The molecule has 2 aliphatic rings. The Kier molecular flexibility index (Phi) is 3.91. The topological polar surface area (TPSA) is 53.9 Å². The van der Waals surface area contributed by atoms with Gasteiger partial charge in [-0.3, -0.25) is 0 Å². The van der Waals surface area contributed by atoms with E-state index >= 15 is 0 Å². The van der Waals surface area contributed by atoms with Crippen LogP contribution in [0.3, 0.4) is 0 Å². The molecule has 2 aromatic rings. The maximum Gasteiger partial charge on any atom is 0.229 e. The molecule has 0 atom stereocenters. The summed E-state index contributed by atoms with van der Waals surface area (Å²) >= 11 is 6.59. The van der Waals surface area contributed by atoms with E-state index < -0.39 is 0 Å². The lowest BCUT2D eigenvalue weighted by Gasteiger charge is -2.21. The molecule has 2 heterocycles. The van der Waals surface area contributed by atoms with Crippen LogP contribution in [-0.2, 0) is 4.87 Å². The molecule has 4 rings (SSSR count). The number of halogens is 1. The second kappa shape index (κ2) is 6.06. The Morgan fingerprint density at radius 3 is 2.61 bits per heavy atom. The van der Waals surface area contributed by atoms with Crippen molar-refractivity contribution in [3.05, 3.63) is 36.2 Å². The molecule has 23 heavy (non-hydrogen) atoms. The van der Waals surface area contributed by atoms with E-state index in [1.807, 2.05) is 30.3 Å². The lowest BCUT2D eigenvalue weighted by atomic mass is 10.2. The highest BCUT2D eigenvalue weighted by Gasteiger charge is 2.46. The Morgan fingerprint density at radius 1 is 1.00 bits per heavy atom. The van der Waals surface area contributed by atoms with Crippen LogP contribution < -0.4 is 10.2 Å². The average molecular weight is 330 g/mol. The monoisotopic (exact) mass is 329 g/mol. The van der Waals surface area contributed by atoms with Crippen molar-refractivity contribution in [2.24, 2.45) is 0 Å². The predicted molar refractivity (Wildman–Crippen MR) is 91.7 cm³/mol. The third kappa shape index (κ3) is 3.16. The van der Waals surface area contributed by atoms with Gasteiger partial charge in [0.25, 0.3) is 0 Å². The van der Waals surface area contributed by atoms with Crippen LogP contribution in [-0.4, -0.2) is 41.1 Å². The van der Waals surface area contributed by atoms with E-state index in [1.54, 1.807) is 0 Å². The quantitative estimate of drug-likeness (QED) is 0.877. The van der Waals surface area contributed by atoms with Gasteiger partial charge < -0.3 is 10.2 Å². The van der Waals surface area contributed by atoms with Gasteiger partial charge in [0.05, 0.1) is 0 Å². The normalized spacial score (nSPS) is 20.1. The molecule has 0 spiro atoms. The van der Waals surface area contributed by atoms with Gasteiger partial charge in [-0.1, -0.05) is 30.3 Å². The van der Waals surface area contributed by atoms with Gasteiger partial charge in [-0.2, -0.15) is 9.97 Å². The second-order valence-corrected chi connectivity index (χ2v) is 6.93. The van der Waals surface area contributed by atoms with Crippen molar-refractivity contribution in [2.45, 2.75) is 24.1 Å². The Hall–Kier alpha value is -1.72. The Labute approximate surface area is 141 Å². The lowest BCUT2D eigenvalue weighted by molar-refractivity contribution is 0.724. The summed E-state index contributed by atoms with van der Waals surface area (Å²) in [6, 6.07) is 10.1. The van der Waals surface area contributed by atoms with Crippen molar-refractivity contribution < 1.29 is 0 Å². The first kappa shape index (κ1) is 14.8. The second-order valence-electron chi connectivity index (χ2n) is 6.20. The van der Waals surface area contributed by atoms with Crippen LogP contribution in [0, 0.1) is 0 Å². The number of hydrogen-bond donors (Lipinski definition) is 1. The van der Waals surface area contributed by atoms with Gasteiger partial charge in [0.2, 0.25) is 5.95 Å². The van der Waals surface area contributed by atoms with Crippen molar-refractivity contribution in [1.82, 2.24) is 20.3 Å². The number of benzene rings is 1. The molecular formula is C17H20ClN5. The van der Waals surface area contributed by atoms with Crippen LogP contribution in [0.4, 0.5) is 5.95 Å². The third-order valence-electron chi connectivity index (χ3n) is 4.37. The number of alkyl halides is 1. The summed E-state index contributed by atoms with van der Waals surface area (Å²) in [6.07, 6.45) is 2.97. The van der Waals surface area contributed by atoms with Gasteiger partial charge >= 0.3 is 0 Å². The van der Waals surface area contributed by atoms with E-state index in [-0.39, 0.29) is 4.87 Å². The van der Waals surface area contributed by atoms with Crippen molar-refractivity contribution in [1.29, 1.82) is 0 Å². The molecule has 1 saturated heterocycles. The van der Waals surface area contributed by atoms with Crippen molar-refractivity contribution in [3.8, 4) is 11.4 Å². The highest BCUT2D eigenvalue weighted by atomic mass is 35.5. The molecule has 1 N–H and O–H groups in total. The van der Waals surface area contributed by atoms with E-state index in [0.29, 0.717) is 0 Å². The fourth-order valence-electron chi connectivity index (χ4n) is 2.80. The molecule has 0 unspecified atom stereocenters. The Morgan fingerprint density at radius 2 is 1.83 bits per heavy atom. The first-order chi connectivity index (χ1) is 11.2. The number of hydrogen-bond acceptors (Lipinski definition) is 5. The zero-order valence-electron chi connectivity index (χ0n) is 13.0. The summed E-state index contributed by atoms with van der Waals surface area (Å²) < 4.78 is 0. The van der Waals surface area contributed by atoms with Crippen LogP contribution in [0.2, 0.25) is 0 Å². The molecule has 1 saturated carbocycles. The first-order valence-corrected chi connectivity index (χ1v) is 8.59. The zero-order valence-corrected chi connectivity index (χ0v) is 13.8.